The standard InChI is InChI=1S/C60H65N3O/c1-36(2)42-23-26-54(51(32-42)41-21-24-47(25-22-41)59(8,9)10)63-55-16-14-15-49(56(55)62-58(63)52-34-44(37(3)4)33-50(38(5)6)57(52)64)45-29-46(31-48(30-45)60(11,12)13)53-35-43(27-28-61-53)40-19-17-39(7)18-20-40/h14-38,64H,1-13H3/i7D3,36D. The van der Waals surface area contributed by atoms with Crippen LogP contribution < -0.4 is 0 Å². The quantitative estimate of drug-likeness (QED) is 0.157. The molecule has 8 aromatic rings. The average Bonchev–Trinajstić information content (AvgIpc) is 3.67. The van der Waals surface area contributed by atoms with Crippen molar-refractivity contribution in [2.75, 3.05) is 0 Å². The Labute approximate surface area is 387 Å². The van der Waals surface area contributed by atoms with E-state index in [0.29, 0.717) is 17.0 Å². The van der Waals surface area contributed by atoms with Crippen LogP contribution in [-0.4, -0.2) is 19.6 Å². The van der Waals surface area contributed by atoms with E-state index < -0.39 is 12.7 Å². The van der Waals surface area contributed by atoms with Crippen LogP contribution in [0, 0.1) is 6.85 Å². The Kier molecular flexibility index (Phi) is 10.5. The molecule has 326 valence electrons. The molecular formula is C60H65N3O. The second-order valence-corrected chi connectivity index (χ2v) is 20.4. The van der Waals surface area contributed by atoms with Crippen LogP contribution in [0.15, 0.2) is 134 Å². The maximum atomic E-state index is 12.4. The number of aromatic nitrogens is 3. The first-order valence-electron chi connectivity index (χ1n) is 24.7. The van der Waals surface area contributed by atoms with Crippen LogP contribution in [0.5, 0.6) is 5.75 Å². The zero-order valence-corrected chi connectivity index (χ0v) is 39.6. The van der Waals surface area contributed by atoms with E-state index in [9.17, 15) is 5.11 Å². The van der Waals surface area contributed by atoms with Crippen molar-refractivity contribution in [3.05, 3.63) is 167 Å². The third-order valence-corrected chi connectivity index (χ3v) is 12.6. The van der Waals surface area contributed by atoms with Gasteiger partial charge in [0, 0.05) is 28.4 Å². The summed E-state index contributed by atoms with van der Waals surface area (Å²) < 4.78 is 34.9. The molecule has 6 aromatic carbocycles. The molecule has 0 saturated carbocycles. The number of nitrogens with zero attached hydrogens (tertiary/aromatic N) is 3. The third-order valence-electron chi connectivity index (χ3n) is 12.6. The molecule has 0 bridgehead atoms. The van der Waals surface area contributed by atoms with E-state index in [1.54, 1.807) is 12.1 Å². The van der Waals surface area contributed by atoms with Gasteiger partial charge in [0.15, 0.2) is 0 Å². The van der Waals surface area contributed by atoms with Crippen LogP contribution in [0.2, 0.25) is 0 Å². The van der Waals surface area contributed by atoms with Gasteiger partial charge in [0.05, 0.1) is 28.0 Å². The van der Waals surface area contributed by atoms with Crippen molar-refractivity contribution in [1.29, 1.82) is 0 Å². The number of benzene rings is 6. The number of aryl methyl sites for hydroxylation is 1. The van der Waals surface area contributed by atoms with E-state index in [1.165, 1.54) is 5.56 Å². The summed E-state index contributed by atoms with van der Waals surface area (Å²) in [6.07, 6.45) is 1.81. The summed E-state index contributed by atoms with van der Waals surface area (Å²) in [5.41, 5.74) is 16.1. The minimum Gasteiger partial charge on any atom is -0.507 e. The fourth-order valence-corrected chi connectivity index (χ4v) is 8.60. The van der Waals surface area contributed by atoms with Crippen LogP contribution in [0.4, 0.5) is 0 Å². The van der Waals surface area contributed by atoms with Gasteiger partial charge in [-0.15, -0.1) is 0 Å². The minimum atomic E-state index is -2.18. The summed E-state index contributed by atoms with van der Waals surface area (Å²) in [5.74, 6) is 0.269. The number of aromatic hydroxyl groups is 1. The summed E-state index contributed by atoms with van der Waals surface area (Å²) in [4.78, 5) is 10.5. The van der Waals surface area contributed by atoms with E-state index in [1.807, 2.05) is 38.2 Å². The molecule has 1 N–H and O–H groups in total. The third kappa shape index (κ3) is 8.68. The lowest BCUT2D eigenvalue weighted by Crippen LogP contribution is -2.11. The first-order chi connectivity index (χ1) is 31.8. The molecule has 0 amide bonds. The van der Waals surface area contributed by atoms with Gasteiger partial charge in [-0.3, -0.25) is 9.55 Å². The van der Waals surface area contributed by atoms with E-state index >= 15 is 0 Å². The second kappa shape index (κ2) is 17.0. The van der Waals surface area contributed by atoms with Gasteiger partial charge in [0.2, 0.25) is 0 Å². The minimum absolute atomic E-state index is 0.0260. The van der Waals surface area contributed by atoms with E-state index in [2.05, 4.69) is 171 Å². The molecule has 0 aliphatic carbocycles. The monoisotopic (exact) mass is 848 g/mol. The van der Waals surface area contributed by atoms with Crippen LogP contribution in [0.3, 0.4) is 0 Å². The summed E-state index contributed by atoms with van der Waals surface area (Å²) >= 11 is 0. The molecule has 2 heterocycles. The Morgan fingerprint density at radius 3 is 1.89 bits per heavy atom. The largest absolute Gasteiger partial charge is 0.507 e. The Balaban J connectivity index is 1.42. The lowest BCUT2D eigenvalue weighted by atomic mass is 9.83. The number of phenolic OH excluding ortho intramolecular Hbond substituents is 1. The number of phenols is 1. The van der Waals surface area contributed by atoms with Crippen LogP contribution >= 0.6 is 0 Å². The van der Waals surface area contributed by atoms with Crippen molar-refractivity contribution in [2.24, 2.45) is 0 Å². The molecule has 8 rings (SSSR count). The van der Waals surface area contributed by atoms with Crippen LogP contribution in [0.25, 0.3) is 72.7 Å². The lowest BCUT2D eigenvalue weighted by molar-refractivity contribution is 0.466. The topological polar surface area (TPSA) is 50.9 Å². The highest BCUT2D eigenvalue weighted by molar-refractivity contribution is 5.98. The van der Waals surface area contributed by atoms with E-state index in [4.69, 9.17) is 15.5 Å². The summed E-state index contributed by atoms with van der Waals surface area (Å²) in [5, 5.41) is 12.4. The SMILES string of the molecule is [2H]C([2H])([2H])c1ccc(-c2ccnc(-c3cc(-c4cccc5c4nc(-c4cc(C(C)C)cc(C(C)C)c4O)n5-c4ccc(C([2H])(C)C)cc4-c4ccc(C(C)(C)C)cc4)cc(C(C)(C)C)c3)c2)cc1. The Morgan fingerprint density at radius 2 is 1.25 bits per heavy atom. The lowest BCUT2D eigenvalue weighted by Gasteiger charge is -2.22. The summed E-state index contributed by atoms with van der Waals surface area (Å²) in [6.45, 7) is 23.6. The molecule has 4 nitrogen and oxygen atoms in total. The fourth-order valence-electron chi connectivity index (χ4n) is 8.60. The van der Waals surface area contributed by atoms with Gasteiger partial charge in [0.25, 0.3) is 0 Å². The molecule has 0 radical (unpaired) electrons. The number of hydrogen-bond donors (Lipinski definition) is 1. The van der Waals surface area contributed by atoms with Gasteiger partial charge < -0.3 is 5.11 Å². The second-order valence-electron chi connectivity index (χ2n) is 20.4. The summed E-state index contributed by atoms with van der Waals surface area (Å²) in [7, 11) is 0. The van der Waals surface area contributed by atoms with Crippen molar-refractivity contribution in [2.45, 2.75) is 118 Å². The number of rotatable bonds is 9. The highest BCUT2D eigenvalue weighted by Gasteiger charge is 2.26. The van der Waals surface area contributed by atoms with Crippen molar-refractivity contribution in [3.63, 3.8) is 0 Å². The molecule has 0 aliphatic heterocycles. The summed E-state index contributed by atoms with van der Waals surface area (Å²) in [6, 6.07) is 43.4. The van der Waals surface area contributed by atoms with Gasteiger partial charge in [-0.1, -0.05) is 168 Å². The van der Waals surface area contributed by atoms with E-state index in [0.717, 1.165) is 83.6 Å². The molecule has 2 aromatic heterocycles. The number of pyridine rings is 1. The van der Waals surface area contributed by atoms with Crippen LogP contribution in [0.1, 0.15) is 140 Å². The number of fused-ring (bicyclic) bond motifs is 1. The molecule has 0 saturated heterocycles. The molecule has 64 heavy (non-hydrogen) atoms. The van der Waals surface area contributed by atoms with Crippen molar-refractivity contribution in [3.8, 4) is 67.5 Å². The number of para-hydroxylation sites is 1. The number of hydrogen-bond acceptors (Lipinski definition) is 3. The molecule has 0 unspecified atom stereocenters. The fraction of sp³-hybridized carbons (Fsp3) is 0.300. The molecule has 4 heteroatoms. The highest BCUT2D eigenvalue weighted by atomic mass is 16.3. The Bertz CT molecular complexity index is 3150. The maximum Gasteiger partial charge on any atom is 0.149 e. The van der Waals surface area contributed by atoms with Crippen LogP contribution in [-0.2, 0) is 10.8 Å². The van der Waals surface area contributed by atoms with Gasteiger partial charge in [-0.05, 0) is 134 Å². The predicted molar refractivity (Wildman–Crippen MR) is 272 cm³/mol. The number of imidazole rings is 1. The Hall–Kier alpha value is -6.26. The zero-order valence-electron chi connectivity index (χ0n) is 43.6. The van der Waals surface area contributed by atoms with Gasteiger partial charge >= 0.3 is 0 Å². The van der Waals surface area contributed by atoms with Gasteiger partial charge in [-0.2, -0.15) is 0 Å². The maximum absolute atomic E-state index is 12.4. The molecule has 0 fully saturated rings. The van der Waals surface area contributed by atoms with Crippen molar-refractivity contribution in [1.82, 2.24) is 14.5 Å². The molecular weight excluding hydrogens is 779 g/mol. The molecule has 0 aliphatic rings. The van der Waals surface area contributed by atoms with Crippen molar-refractivity contribution < 1.29 is 10.6 Å². The smallest absolute Gasteiger partial charge is 0.149 e. The molecule has 0 spiro atoms. The highest BCUT2D eigenvalue weighted by Crippen LogP contribution is 2.45. The van der Waals surface area contributed by atoms with Gasteiger partial charge in [0.1, 0.15) is 11.6 Å². The van der Waals surface area contributed by atoms with Gasteiger partial charge in [-0.25, -0.2) is 4.98 Å². The average molecular weight is 848 g/mol. The Morgan fingerprint density at radius 1 is 0.578 bits per heavy atom. The molecule has 0 atom stereocenters. The zero-order chi connectivity index (χ0) is 49.2. The van der Waals surface area contributed by atoms with E-state index in [-0.39, 0.29) is 28.4 Å². The normalized spacial score (nSPS) is 13.6. The van der Waals surface area contributed by atoms with Crippen molar-refractivity contribution >= 4 is 11.0 Å². The first-order valence-corrected chi connectivity index (χ1v) is 22.7. The predicted octanol–water partition coefficient (Wildman–Crippen LogP) is 16.7. The first kappa shape index (κ1) is 39.3.